The largest absolute Gasteiger partial charge is 0.361 e. The number of H-pyrrole nitrogens is 1. The highest BCUT2D eigenvalue weighted by atomic mass is 16.1. The number of aromatic amines is 1. The number of hydrogen-bond donors (Lipinski definition) is 2. The number of hydrogen-bond acceptors (Lipinski definition) is 3. The molecule has 1 aromatic carbocycles. The Kier molecular flexibility index (Phi) is 3.93. The third-order valence-corrected chi connectivity index (χ3v) is 4.23. The number of aromatic nitrogens is 4. The number of rotatable bonds is 5. The molecule has 4 aromatic rings. The lowest BCUT2D eigenvalue weighted by molar-refractivity contribution is 0.0953. The minimum Gasteiger partial charge on any atom is -0.361 e. The fourth-order valence-corrected chi connectivity index (χ4v) is 2.95. The van der Waals surface area contributed by atoms with Crippen molar-refractivity contribution < 1.29 is 4.79 Å². The van der Waals surface area contributed by atoms with Crippen molar-refractivity contribution in [3.8, 4) is 0 Å². The van der Waals surface area contributed by atoms with Crippen molar-refractivity contribution in [3.63, 3.8) is 0 Å². The number of nitrogens with zero attached hydrogens (tertiary/aromatic N) is 3. The van der Waals surface area contributed by atoms with Gasteiger partial charge in [-0.1, -0.05) is 6.07 Å². The Morgan fingerprint density at radius 1 is 1.28 bits per heavy atom. The van der Waals surface area contributed by atoms with Crippen molar-refractivity contribution in [2.24, 2.45) is 0 Å². The average Bonchev–Trinajstić information content (AvgIpc) is 3.22. The second-order valence-corrected chi connectivity index (χ2v) is 6.19. The van der Waals surface area contributed by atoms with Gasteiger partial charge < -0.3 is 10.3 Å². The predicted octanol–water partition coefficient (Wildman–Crippen LogP) is 2.88. The minimum absolute atomic E-state index is 0.0484. The number of amides is 1. The standard InChI is InChI=1S/C19H19N5O/c1-13-9-18-22-11-14(12-24(18)23-13)3-2-7-21-19(25)16-5-4-15-6-8-20-17(15)10-16/h4-6,8-12,20H,2-3,7H2,1H3,(H,21,25). The summed E-state index contributed by atoms with van der Waals surface area (Å²) in [5, 5.41) is 8.45. The van der Waals surface area contributed by atoms with E-state index in [0.717, 1.165) is 40.6 Å². The monoisotopic (exact) mass is 333 g/mol. The SMILES string of the molecule is Cc1cc2ncc(CCCNC(=O)c3ccc4cc[nH]c4c3)cn2n1. The van der Waals surface area contributed by atoms with Crippen LogP contribution in [-0.4, -0.2) is 32.0 Å². The third-order valence-electron chi connectivity index (χ3n) is 4.23. The van der Waals surface area contributed by atoms with E-state index in [1.165, 1.54) is 0 Å². The molecule has 0 aliphatic carbocycles. The van der Waals surface area contributed by atoms with E-state index in [1.54, 1.807) is 4.52 Å². The summed E-state index contributed by atoms with van der Waals surface area (Å²) < 4.78 is 1.80. The van der Waals surface area contributed by atoms with E-state index >= 15 is 0 Å². The Labute approximate surface area is 144 Å². The van der Waals surface area contributed by atoms with E-state index in [9.17, 15) is 4.79 Å². The Bertz CT molecular complexity index is 1050. The molecule has 0 fully saturated rings. The lowest BCUT2D eigenvalue weighted by Crippen LogP contribution is -2.24. The molecular weight excluding hydrogens is 314 g/mol. The molecule has 25 heavy (non-hydrogen) atoms. The van der Waals surface area contributed by atoms with Crippen LogP contribution in [0.3, 0.4) is 0 Å². The summed E-state index contributed by atoms with van der Waals surface area (Å²) in [7, 11) is 0. The number of aryl methyl sites for hydroxylation is 2. The van der Waals surface area contributed by atoms with E-state index in [4.69, 9.17) is 0 Å². The molecule has 0 radical (unpaired) electrons. The Morgan fingerprint density at radius 3 is 3.12 bits per heavy atom. The maximum Gasteiger partial charge on any atom is 0.251 e. The van der Waals surface area contributed by atoms with Crippen LogP contribution < -0.4 is 5.32 Å². The molecule has 3 aromatic heterocycles. The predicted molar refractivity (Wildman–Crippen MR) is 96.7 cm³/mol. The van der Waals surface area contributed by atoms with Crippen LogP contribution in [-0.2, 0) is 6.42 Å². The zero-order chi connectivity index (χ0) is 17.2. The third kappa shape index (κ3) is 3.24. The molecule has 0 bridgehead atoms. The minimum atomic E-state index is -0.0484. The normalized spacial score (nSPS) is 11.2. The Morgan fingerprint density at radius 2 is 2.20 bits per heavy atom. The van der Waals surface area contributed by atoms with Crippen LogP contribution in [0.25, 0.3) is 16.6 Å². The Balaban J connectivity index is 1.32. The fourth-order valence-electron chi connectivity index (χ4n) is 2.95. The summed E-state index contributed by atoms with van der Waals surface area (Å²) in [5.41, 5.74) is 4.56. The van der Waals surface area contributed by atoms with Crippen molar-refractivity contribution in [2.45, 2.75) is 19.8 Å². The molecule has 3 heterocycles. The molecule has 0 aliphatic rings. The molecule has 0 unspecified atom stereocenters. The van der Waals surface area contributed by atoms with Gasteiger partial charge in [-0.15, -0.1) is 0 Å². The van der Waals surface area contributed by atoms with Crippen molar-refractivity contribution in [1.82, 2.24) is 24.9 Å². The molecule has 6 nitrogen and oxygen atoms in total. The molecule has 2 N–H and O–H groups in total. The van der Waals surface area contributed by atoms with E-state index in [-0.39, 0.29) is 5.91 Å². The van der Waals surface area contributed by atoms with Crippen LogP contribution >= 0.6 is 0 Å². The van der Waals surface area contributed by atoms with Crippen LogP contribution in [0.15, 0.2) is 48.9 Å². The first kappa shape index (κ1) is 15.4. The topological polar surface area (TPSA) is 75.1 Å². The Hall–Kier alpha value is -3.15. The highest BCUT2D eigenvalue weighted by molar-refractivity contribution is 5.97. The molecule has 0 aliphatic heterocycles. The van der Waals surface area contributed by atoms with Crippen LogP contribution in [0.2, 0.25) is 0 Å². The van der Waals surface area contributed by atoms with Crippen LogP contribution in [0.1, 0.15) is 28.0 Å². The summed E-state index contributed by atoms with van der Waals surface area (Å²) in [6.07, 6.45) is 7.44. The molecule has 0 spiro atoms. The quantitative estimate of drug-likeness (QED) is 0.552. The molecule has 0 saturated heterocycles. The van der Waals surface area contributed by atoms with Crippen molar-refractivity contribution in [3.05, 3.63) is 65.7 Å². The molecule has 6 heteroatoms. The van der Waals surface area contributed by atoms with Gasteiger partial charge in [0, 0.05) is 42.3 Å². The number of carbonyl (C=O) groups excluding carboxylic acids is 1. The maximum atomic E-state index is 12.2. The van der Waals surface area contributed by atoms with Crippen LogP contribution in [0.4, 0.5) is 0 Å². The van der Waals surface area contributed by atoms with Crippen molar-refractivity contribution in [2.75, 3.05) is 6.54 Å². The van der Waals surface area contributed by atoms with Gasteiger partial charge in [-0.25, -0.2) is 9.50 Å². The molecule has 1 amide bonds. The van der Waals surface area contributed by atoms with E-state index in [2.05, 4.69) is 20.4 Å². The molecule has 0 atom stereocenters. The zero-order valence-electron chi connectivity index (χ0n) is 14.0. The second kappa shape index (κ2) is 6.39. The number of nitrogens with one attached hydrogen (secondary N) is 2. The highest BCUT2D eigenvalue weighted by Gasteiger charge is 2.06. The first-order valence-electron chi connectivity index (χ1n) is 8.35. The summed E-state index contributed by atoms with van der Waals surface area (Å²) in [5.74, 6) is -0.0484. The smallest absolute Gasteiger partial charge is 0.251 e. The number of benzene rings is 1. The highest BCUT2D eigenvalue weighted by Crippen LogP contribution is 2.14. The van der Waals surface area contributed by atoms with Gasteiger partial charge in [0.25, 0.3) is 5.91 Å². The fraction of sp³-hybridized carbons (Fsp3) is 0.211. The lowest BCUT2D eigenvalue weighted by Gasteiger charge is -2.06. The van der Waals surface area contributed by atoms with Crippen LogP contribution in [0, 0.1) is 6.92 Å². The average molecular weight is 333 g/mol. The van der Waals surface area contributed by atoms with E-state index in [1.807, 2.05) is 55.8 Å². The van der Waals surface area contributed by atoms with Gasteiger partial charge in [0.15, 0.2) is 5.65 Å². The van der Waals surface area contributed by atoms with E-state index in [0.29, 0.717) is 12.1 Å². The lowest BCUT2D eigenvalue weighted by atomic mass is 10.1. The zero-order valence-corrected chi connectivity index (χ0v) is 14.0. The van der Waals surface area contributed by atoms with Gasteiger partial charge in [0.2, 0.25) is 0 Å². The summed E-state index contributed by atoms with van der Waals surface area (Å²) >= 11 is 0. The molecule has 126 valence electrons. The molecule has 0 saturated carbocycles. The molecule has 4 rings (SSSR count). The van der Waals surface area contributed by atoms with Gasteiger partial charge in [0.1, 0.15) is 0 Å². The first-order chi connectivity index (χ1) is 12.2. The van der Waals surface area contributed by atoms with Gasteiger partial charge in [-0.05, 0) is 48.9 Å². The van der Waals surface area contributed by atoms with Crippen molar-refractivity contribution >= 4 is 22.5 Å². The summed E-state index contributed by atoms with van der Waals surface area (Å²) in [4.78, 5) is 19.8. The van der Waals surface area contributed by atoms with Crippen LogP contribution in [0.5, 0.6) is 0 Å². The summed E-state index contributed by atoms with van der Waals surface area (Å²) in [6, 6.07) is 9.62. The van der Waals surface area contributed by atoms with Gasteiger partial charge in [-0.2, -0.15) is 5.10 Å². The first-order valence-corrected chi connectivity index (χ1v) is 8.35. The van der Waals surface area contributed by atoms with E-state index < -0.39 is 0 Å². The number of carbonyl (C=O) groups is 1. The van der Waals surface area contributed by atoms with Crippen molar-refractivity contribution in [1.29, 1.82) is 0 Å². The van der Waals surface area contributed by atoms with Gasteiger partial charge >= 0.3 is 0 Å². The van der Waals surface area contributed by atoms with Gasteiger partial charge in [-0.3, -0.25) is 4.79 Å². The maximum absolute atomic E-state index is 12.2. The second-order valence-electron chi connectivity index (χ2n) is 6.19. The number of fused-ring (bicyclic) bond motifs is 2. The summed E-state index contributed by atoms with van der Waals surface area (Å²) in [6.45, 7) is 2.58. The molecular formula is C19H19N5O. The van der Waals surface area contributed by atoms with Gasteiger partial charge in [0.05, 0.1) is 5.69 Å².